The molecule has 1 unspecified atom stereocenters. The number of carbonyl (C=O) groups is 1. The molecule has 3 rings (SSSR count). The number of rotatable bonds is 6. The molecule has 7 heteroatoms. The number of nitrogens with one attached hydrogen (secondary N) is 1. The summed E-state index contributed by atoms with van der Waals surface area (Å²) in [5.74, 6) is 1.08. The van der Waals surface area contributed by atoms with E-state index in [1.54, 1.807) is 0 Å². The van der Waals surface area contributed by atoms with Crippen molar-refractivity contribution in [3.05, 3.63) is 42.0 Å². The monoisotopic (exact) mass is 357 g/mol. The molecule has 1 saturated heterocycles. The number of primary amides is 1. The highest BCUT2D eigenvalue weighted by atomic mass is 16.5. The fourth-order valence-corrected chi connectivity index (χ4v) is 3.44. The molecule has 0 aromatic heterocycles. The van der Waals surface area contributed by atoms with Gasteiger partial charge in [0.25, 0.3) is 5.91 Å². The van der Waals surface area contributed by atoms with Crippen molar-refractivity contribution in [2.45, 2.75) is 19.0 Å². The zero-order valence-electron chi connectivity index (χ0n) is 15.2. The zero-order chi connectivity index (χ0) is 18.4. The Morgan fingerprint density at radius 2 is 2.19 bits per heavy atom. The molecular formula is C19H27N5O2. The van der Waals surface area contributed by atoms with E-state index in [-0.39, 0.29) is 6.61 Å². The number of hydrogen-bond donors (Lipinski definition) is 2. The van der Waals surface area contributed by atoms with E-state index < -0.39 is 5.91 Å². The van der Waals surface area contributed by atoms with E-state index in [4.69, 9.17) is 10.5 Å². The minimum absolute atomic E-state index is 0.112. The van der Waals surface area contributed by atoms with E-state index >= 15 is 0 Å². The van der Waals surface area contributed by atoms with E-state index in [2.05, 4.69) is 32.3 Å². The molecule has 140 valence electrons. The maximum atomic E-state index is 10.8. The number of guanidine groups is 1. The quantitative estimate of drug-likeness (QED) is 0.442. The fourth-order valence-electron chi connectivity index (χ4n) is 3.44. The number of nitrogens with zero attached hydrogens (tertiary/aromatic N) is 3. The van der Waals surface area contributed by atoms with Gasteiger partial charge in [-0.1, -0.05) is 24.3 Å². The van der Waals surface area contributed by atoms with Gasteiger partial charge in [-0.2, -0.15) is 0 Å². The molecule has 1 fully saturated rings. The van der Waals surface area contributed by atoms with E-state index in [1.165, 1.54) is 6.42 Å². The molecule has 0 aliphatic carbocycles. The van der Waals surface area contributed by atoms with Crippen LogP contribution in [0.15, 0.2) is 41.4 Å². The van der Waals surface area contributed by atoms with Gasteiger partial charge in [0, 0.05) is 45.8 Å². The molecule has 1 atom stereocenters. The first kappa shape index (κ1) is 18.3. The van der Waals surface area contributed by atoms with Crippen LogP contribution >= 0.6 is 0 Å². The van der Waals surface area contributed by atoms with Crippen molar-refractivity contribution in [3.8, 4) is 5.75 Å². The largest absolute Gasteiger partial charge is 0.484 e. The smallest absolute Gasteiger partial charge is 0.255 e. The van der Waals surface area contributed by atoms with Gasteiger partial charge in [0.1, 0.15) is 5.75 Å². The lowest BCUT2D eigenvalue weighted by Gasteiger charge is -2.25. The number of ether oxygens (including phenoxy) is 1. The summed E-state index contributed by atoms with van der Waals surface area (Å²) in [5, 5.41) is 3.43. The Morgan fingerprint density at radius 1 is 1.38 bits per heavy atom. The van der Waals surface area contributed by atoms with Gasteiger partial charge < -0.3 is 20.7 Å². The number of carbonyl (C=O) groups excluding carboxylic acids is 1. The van der Waals surface area contributed by atoms with Gasteiger partial charge in [0.05, 0.1) is 0 Å². The lowest BCUT2D eigenvalue weighted by atomic mass is 10.2. The van der Waals surface area contributed by atoms with Crippen LogP contribution in [-0.2, 0) is 11.3 Å². The second-order valence-corrected chi connectivity index (χ2v) is 6.62. The van der Waals surface area contributed by atoms with Gasteiger partial charge in [-0.05, 0) is 24.1 Å². The molecular weight excluding hydrogens is 330 g/mol. The molecule has 7 nitrogen and oxygen atoms in total. The first-order valence-electron chi connectivity index (χ1n) is 9.00. The van der Waals surface area contributed by atoms with Crippen LogP contribution in [0.4, 0.5) is 0 Å². The zero-order valence-corrected chi connectivity index (χ0v) is 15.2. The third kappa shape index (κ3) is 4.76. The predicted octanol–water partition coefficient (Wildman–Crippen LogP) is 0.572. The number of hydrogen-bond acceptors (Lipinski definition) is 4. The Hall–Kier alpha value is -2.54. The molecule has 2 aliphatic heterocycles. The van der Waals surface area contributed by atoms with Crippen molar-refractivity contribution in [3.63, 3.8) is 0 Å². The number of amides is 1. The Labute approximate surface area is 154 Å². The molecule has 0 saturated carbocycles. The van der Waals surface area contributed by atoms with E-state index in [1.807, 2.05) is 31.3 Å². The molecule has 1 amide bonds. The normalized spacial score (nSPS) is 20.6. The summed E-state index contributed by atoms with van der Waals surface area (Å²) in [5.41, 5.74) is 6.18. The third-order valence-electron chi connectivity index (χ3n) is 4.77. The molecule has 2 heterocycles. The van der Waals surface area contributed by atoms with Crippen LogP contribution in [0.3, 0.4) is 0 Å². The fraction of sp³-hybridized carbons (Fsp3) is 0.474. The highest BCUT2D eigenvalue weighted by Crippen LogP contribution is 2.18. The average molecular weight is 357 g/mol. The first-order chi connectivity index (χ1) is 12.7. The summed E-state index contributed by atoms with van der Waals surface area (Å²) < 4.78 is 5.36. The Morgan fingerprint density at radius 3 is 2.92 bits per heavy atom. The second kappa shape index (κ2) is 8.71. The number of likely N-dealkylation sites (tertiary alicyclic amines) is 1. The molecule has 26 heavy (non-hydrogen) atoms. The van der Waals surface area contributed by atoms with Gasteiger partial charge in [0.15, 0.2) is 12.6 Å². The molecule has 1 aromatic rings. The number of nitrogens with two attached hydrogens (primary N) is 1. The molecule has 0 spiro atoms. The summed E-state index contributed by atoms with van der Waals surface area (Å²) in [6, 6.07) is 8.24. The number of aliphatic imine (C=N–C) groups is 1. The Kier molecular flexibility index (Phi) is 6.12. The van der Waals surface area contributed by atoms with Crippen molar-refractivity contribution in [2.24, 2.45) is 10.7 Å². The number of benzene rings is 1. The van der Waals surface area contributed by atoms with Crippen molar-refractivity contribution < 1.29 is 9.53 Å². The van der Waals surface area contributed by atoms with Crippen molar-refractivity contribution in [1.29, 1.82) is 0 Å². The lowest BCUT2D eigenvalue weighted by Crippen LogP contribution is -2.42. The van der Waals surface area contributed by atoms with Crippen LogP contribution in [0, 0.1) is 0 Å². The Bertz CT molecular complexity index is 680. The average Bonchev–Trinajstić information content (AvgIpc) is 3.32. The van der Waals surface area contributed by atoms with Crippen molar-refractivity contribution in [1.82, 2.24) is 15.1 Å². The van der Waals surface area contributed by atoms with Crippen LogP contribution in [0.25, 0.3) is 0 Å². The van der Waals surface area contributed by atoms with Crippen LogP contribution in [0.2, 0.25) is 0 Å². The summed E-state index contributed by atoms with van der Waals surface area (Å²) in [6.45, 7) is 4.67. The lowest BCUT2D eigenvalue weighted by molar-refractivity contribution is -0.119. The van der Waals surface area contributed by atoms with Gasteiger partial charge in [0.2, 0.25) is 0 Å². The maximum absolute atomic E-state index is 10.8. The molecule has 2 aliphatic rings. The van der Waals surface area contributed by atoms with Gasteiger partial charge in [-0.3, -0.25) is 14.7 Å². The summed E-state index contributed by atoms with van der Waals surface area (Å²) in [6.07, 6.45) is 5.64. The van der Waals surface area contributed by atoms with Gasteiger partial charge in [-0.25, -0.2) is 0 Å². The Balaban J connectivity index is 1.51. The van der Waals surface area contributed by atoms with Gasteiger partial charge >= 0.3 is 0 Å². The predicted molar refractivity (Wildman–Crippen MR) is 102 cm³/mol. The maximum Gasteiger partial charge on any atom is 0.255 e. The van der Waals surface area contributed by atoms with Crippen molar-refractivity contribution >= 4 is 11.9 Å². The highest BCUT2D eigenvalue weighted by Gasteiger charge is 2.29. The molecule has 3 N–H and O–H groups in total. The van der Waals surface area contributed by atoms with Crippen LogP contribution in [0.1, 0.15) is 12.0 Å². The highest BCUT2D eigenvalue weighted by molar-refractivity contribution is 5.80. The van der Waals surface area contributed by atoms with Gasteiger partial charge in [-0.15, -0.1) is 0 Å². The van der Waals surface area contributed by atoms with Crippen LogP contribution in [0.5, 0.6) is 5.75 Å². The van der Waals surface area contributed by atoms with Crippen LogP contribution in [-0.4, -0.2) is 67.5 Å². The van der Waals surface area contributed by atoms with Crippen molar-refractivity contribution in [2.75, 3.05) is 39.8 Å². The minimum atomic E-state index is -0.481. The summed E-state index contributed by atoms with van der Waals surface area (Å²) in [7, 11) is 1.82. The SMILES string of the molecule is CN=C(NCc1cccc(OCC(N)=O)c1)N1CCC(N2CC=CC2)C1. The third-order valence-corrected chi connectivity index (χ3v) is 4.77. The van der Waals surface area contributed by atoms with Crippen LogP contribution < -0.4 is 15.8 Å². The molecule has 1 aromatic carbocycles. The topological polar surface area (TPSA) is 83.2 Å². The second-order valence-electron chi connectivity index (χ2n) is 6.62. The first-order valence-corrected chi connectivity index (χ1v) is 9.00. The van der Waals surface area contributed by atoms with E-state index in [0.29, 0.717) is 18.3 Å². The summed E-state index contributed by atoms with van der Waals surface area (Å²) in [4.78, 5) is 20.1. The van der Waals surface area contributed by atoms with E-state index in [0.717, 1.165) is 37.7 Å². The summed E-state index contributed by atoms with van der Waals surface area (Å²) >= 11 is 0. The molecule has 0 bridgehead atoms. The molecule has 0 radical (unpaired) electrons. The standard InChI is InChI=1S/C19H27N5O2/c1-21-19(24-10-7-16(13-24)23-8-2-3-9-23)22-12-15-5-4-6-17(11-15)26-14-18(20)25/h2-6,11,16H,7-10,12-14H2,1H3,(H2,20,25)(H,21,22). The minimum Gasteiger partial charge on any atom is -0.484 e. The van der Waals surface area contributed by atoms with E-state index in [9.17, 15) is 4.79 Å².